The number of aryl methyl sites for hydroxylation is 2. The van der Waals surface area contributed by atoms with E-state index in [1.165, 1.54) is 11.8 Å². The van der Waals surface area contributed by atoms with E-state index in [-0.39, 0.29) is 17.1 Å². The Labute approximate surface area is 196 Å². The number of ketones is 1. The molecule has 4 aromatic rings. The van der Waals surface area contributed by atoms with Gasteiger partial charge in [0.2, 0.25) is 5.78 Å². The number of carbonyl (C=O) groups is 1. The van der Waals surface area contributed by atoms with Crippen molar-refractivity contribution in [1.82, 2.24) is 23.7 Å². The lowest BCUT2D eigenvalue weighted by Gasteiger charge is -2.10. The summed E-state index contributed by atoms with van der Waals surface area (Å²) in [7, 11) is 1.69. The number of ether oxygens (including phenoxy) is 1. The topological polar surface area (TPSA) is 83.4 Å². The highest BCUT2D eigenvalue weighted by Crippen LogP contribution is 2.24. The Hall–Kier alpha value is -2.91. The quantitative estimate of drug-likeness (QED) is 0.200. The molecule has 0 aliphatic rings. The van der Waals surface area contributed by atoms with Gasteiger partial charge in [-0.25, -0.2) is 0 Å². The van der Waals surface area contributed by atoms with Crippen LogP contribution in [0.1, 0.15) is 41.5 Å². The number of aromatic nitrogens is 5. The second-order valence-corrected chi connectivity index (χ2v) is 9.03. The van der Waals surface area contributed by atoms with Gasteiger partial charge in [-0.05, 0) is 44.9 Å². The first-order valence-electron chi connectivity index (χ1n) is 11.2. The van der Waals surface area contributed by atoms with E-state index >= 15 is 0 Å². The molecule has 3 heterocycles. The minimum absolute atomic E-state index is 0.0500. The fourth-order valence-electron chi connectivity index (χ4n) is 4.25. The Bertz CT molecular complexity index is 1370. The predicted octanol–water partition coefficient (Wildman–Crippen LogP) is 3.88. The highest BCUT2D eigenvalue weighted by molar-refractivity contribution is 7.99. The van der Waals surface area contributed by atoms with Gasteiger partial charge in [-0.2, -0.15) is 0 Å². The number of carbonyl (C=O) groups excluding carboxylic acids is 1. The molecule has 0 unspecified atom stereocenters. The molecular weight excluding hydrogens is 438 g/mol. The Morgan fingerprint density at radius 1 is 1.12 bits per heavy atom. The third-order valence-electron chi connectivity index (χ3n) is 5.86. The third kappa shape index (κ3) is 4.35. The number of methoxy groups -OCH3 is 1. The summed E-state index contributed by atoms with van der Waals surface area (Å²) in [5, 5.41) is 9.86. The molecule has 8 nitrogen and oxygen atoms in total. The van der Waals surface area contributed by atoms with Crippen LogP contribution >= 0.6 is 11.8 Å². The average molecular weight is 468 g/mol. The molecule has 0 aliphatic carbocycles. The van der Waals surface area contributed by atoms with Crippen molar-refractivity contribution in [3.63, 3.8) is 0 Å². The van der Waals surface area contributed by atoms with Crippen LogP contribution in [-0.4, -0.2) is 49.0 Å². The Kier molecular flexibility index (Phi) is 6.99. The number of fused-ring (bicyclic) bond motifs is 3. The summed E-state index contributed by atoms with van der Waals surface area (Å²) in [6.07, 6.45) is 1.70. The first-order chi connectivity index (χ1) is 16.0. The van der Waals surface area contributed by atoms with Crippen molar-refractivity contribution in [1.29, 1.82) is 0 Å². The average Bonchev–Trinajstić information content (AvgIpc) is 3.36. The van der Waals surface area contributed by atoms with Crippen molar-refractivity contribution in [3.8, 4) is 0 Å². The molecule has 0 radical (unpaired) electrons. The minimum Gasteiger partial charge on any atom is -0.385 e. The number of hydrogen-bond donors (Lipinski definition) is 0. The van der Waals surface area contributed by atoms with Crippen LogP contribution in [0.25, 0.3) is 16.7 Å². The van der Waals surface area contributed by atoms with Crippen LogP contribution in [0.4, 0.5) is 0 Å². The van der Waals surface area contributed by atoms with Crippen molar-refractivity contribution >= 4 is 34.2 Å². The summed E-state index contributed by atoms with van der Waals surface area (Å²) < 4.78 is 10.9. The molecule has 0 spiro atoms. The van der Waals surface area contributed by atoms with Crippen LogP contribution in [0, 0.1) is 13.8 Å². The van der Waals surface area contributed by atoms with Gasteiger partial charge in [0.1, 0.15) is 0 Å². The van der Waals surface area contributed by atoms with Gasteiger partial charge in [0.25, 0.3) is 5.56 Å². The predicted molar refractivity (Wildman–Crippen MR) is 130 cm³/mol. The summed E-state index contributed by atoms with van der Waals surface area (Å²) >= 11 is 1.35. The van der Waals surface area contributed by atoms with E-state index in [2.05, 4.69) is 14.8 Å². The molecule has 1 aromatic carbocycles. The molecule has 9 heteroatoms. The van der Waals surface area contributed by atoms with Crippen molar-refractivity contribution < 1.29 is 9.53 Å². The fourth-order valence-corrected chi connectivity index (χ4v) is 5.08. The van der Waals surface area contributed by atoms with E-state index in [9.17, 15) is 9.59 Å². The standard InChI is InChI=1S/C24H29N5O3S/c1-5-11-28-22(31)18-9-6-7-10-20(18)29-23(28)25-26-24(29)33-15-21(30)19-14-16(2)27(17(19)3)12-8-13-32-4/h6-7,9-10,14H,5,8,11-13,15H2,1-4H3. The summed E-state index contributed by atoms with van der Waals surface area (Å²) in [4.78, 5) is 26.1. The number of para-hydroxylation sites is 1. The lowest BCUT2D eigenvalue weighted by Crippen LogP contribution is -2.23. The van der Waals surface area contributed by atoms with Crippen LogP contribution in [0.15, 0.2) is 40.3 Å². The van der Waals surface area contributed by atoms with Gasteiger partial charge >= 0.3 is 0 Å². The van der Waals surface area contributed by atoms with Gasteiger partial charge in [-0.1, -0.05) is 30.8 Å². The SMILES string of the molecule is CCCn1c(=O)c2ccccc2n2c(SCC(=O)c3cc(C)n(CCCOC)c3C)nnc12. The number of Topliss-reactive ketones (excluding diaryl/α,β-unsaturated/α-hetero) is 1. The smallest absolute Gasteiger partial charge is 0.262 e. The first-order valence-corrected chi connectivity index (χ1v) is 12.1. The maximum atomic E-state index is 13.1. The van der Waals surface area contributed by atoms with Gasteiger partial charge in [0, 0.05) is 43.8 Å². The second kappa shape index (κ2) is 9.93. The van der Waals surface area contributed by atoms with Crippen LogP contribution < -0.4 is 5.56 Å². The van der Waals surface area contributed by atoms with E-state index in [0.29, 0.717) is 29.5 Å². The van der Waals surface area contributed by atoms with E-state index in [0.717, 1.165) is 41.9 Å². The van der Waals surface area contributed by atoms with Gasteiger partial charge in [0.05, 0.1) is 16.7 Å². The zero-order chi connectivity index (χ0) is 23.5. The summed E-state index contributed by atoms with van der Waals surface area (Å²) in [5.74, 6) is 0.797. The third-order valence-corrected chi connectivity index (χ3v) is 6.79. The molecular formula is C24H29N5O3S. The molecule has 0 aliphatic heterocycles. The molecule has 33 heavy (non-hydrogen) atoms. The van der Waals surface area contributed by atoms with Crippen molar-refractivity contribution in [2.75, 3.05) is 19.5 Å². The summed E-state index contributed by atoms with van der Waals surface area (Å²) in [6.45, 7) is 8.10. The first kappa shape index (κ1) is 23.3. The maximum Gasteiger partial charge on any atom is 0.262 e. The molecule has 0 saturated carbocycles. The van der Waals surface area contributed by atoms with Crippen LogP contribution in [-0.2, 0) is 17.8 Å². The lowest BCUT2D eigenvalue weighted by atomic mass is 10.2. The highest BCUT2D eigenvalue weighted by Gasteiger charge is 2.20. The number of benzene rings is 1. The van der Waals surface area contributed by atoms with E-state index in [1.807, 2.05) is 55.5 Å². The van der Waals surface area contributed by atoms with Crippen LogP contribution in [0.2, 0.25) is 0 Å². The van der Waals surface area contributed by atoms with Gasteiger partial charge in [-0.3, -0.25) is 18.6 Å². The minimum atomic E-state index is -0.0686. The number of rotatable bonds is 10. The zero-order valence-corrected chi connectivity index (χ0v) is 20.3. The summed E-state index contributed by atoms with van der Waals surface area (Å²) in [6, 6.07) is 9.42. The lowest BCUT2D eigenvalue weighted by molar-refractivity contribution is 0.102. The van der Waals surface area contributed by atoms with E-state index in [1.54, 1.807) is 11.7 Å². The highest BCUT2D eigenvalue weighted by atomic mass is 32.2. The molecule has 0 fully saturated rings. The Balaban J connectivity index is 1.64. The van der Waals surface area contributed by atoms with Crippen molar-refractivity contribution in [3.05, 3.63) is 57.6 Å². The summed E-state index contributed by atoms with van der Waals surface area (Å²) in [5.41, 5.74) is 3.46. The normalized spacial score (nSPS) is 11.6. The maximum absolute atomic E-state index is 13.1. The second-order valence-electron chi connectivity index (χ2n) is 8.09. The molecule has 3 aromatic heterocycles. The van der Waals surface area contributed by atoms with Gasteiger partial charge in [0.15, 0.2) is 10.9 Å². The molecule has 0 amide bonds. The number of nitrogens with zero attached hydrogens (tertiary/aromatic N) is 5. The Morgan fingerprint density at radius 3 is 2.67 bits per heavy atom. The van der Waals surface area contributed by atoms with Gasteiger partial charge in [-0.15, -0.1) is 10.2 Å². The largest absolute Gasteiger partial charge is 0.385 e. The van der Waals surface area contributed by atoms with Crippen LogP contribution in [0.3, 0.4) is 0 Å². The monoisotopic (exact) mass is 467 g/mol. The fraction of sp³-hybridized carbons (Fsp3) is 0.417. The van der Waals surface area contributed by atoms with Gasteiger partial charge < -0.3 is 9.30 Å². The Morgan fingerprint density at radius 2 is 1.91 bits per heavy atom. The molecule has 0 N–H and O–H groups in total. The van der Waals surface area contributed by atoms with Crippen molar-refractivity contribution in [2.24, 2.45) is 0 Å². The molecule has 0 bridgehead atoms. The zero-order valence-electron chi connectivity index (χ0n) is 19.5. The molecule has 0 atom stereocenters. The molecule has 0 saturated heterocycles. The van der Waals surface area contributed by atoms with Crippen LogP contribution in [0.5, 0.6) is 0 Å². The van der Waals surface area contributed by atoms with Crippen molar-refractivity contribution in [2.45, 2.75) is 51.9 Å². The van der Waals surface area contributed by atoms with E-state index < -0.39 is 0 Å². The number of thioether (sulfide) groups is 1. The number of hydrogen-bond acceptors (Lipinski definition) is 6. The molecule has 4 rings (SSSR count). The molecule has 174 valence electrons. The van der Waals surface area contributed by atoms with E-state index in [4.69, 9.17) is 4.74 Å².